The van der Waals surface area contributed by atoms with Gasteiger partial charge < -0.3 is 5.73 Å². The summed E-state index contributed by atoms with van der Waals surface area (Å²) in [6.07, 6.45) is 5.22. The summed E-state index contributed by atoms with van der Waals surface area (Å²) < 4.78 is 0. The molecule has 0 saturated heterocycles. The smallest absolute Gasteiger partial charge is 0.0236 e. The van der Waals surface area contributed by atoms with E-state index in [9.17, 15) is 0 Å². The lowest BCUT2D eigenvalue weighted by Gasteiger charge is -2.32. The van der Waals surface area contributed by atoms with E-state index in [2.05, 4.69) is 42.2 Å². The van der Waals surface area contributed by atoms with Crippen LogP contribution in [0, 0.1) is 5.92 Å². The molecule has 2 atom stereocenters. The maximum absolute atomic E-state index is 5.92. The van der Waals surface area contributed by atoms with Crippen LogP contribution in [-0.4, -0.2) is 24.0 Å². The first-order valence-corrected chi connectivity index (χ1v) is 7.33. The van der Waals surface area contributed by atoms with E-state index in [4.69, 9.17) is 5.73 Å². The van der Waals surface area contributed by atoms with E-state index in [-0.39, 0.29) is 0 Å². The molecular formula is C16H26N2. The maximum Gasteiger partial charge on any atom is 0.0236 e. The summed E-state index contributed by atoms with van der Waals surface area (Å²) in [7, 11) is 0. The largest absolute Gasteiger partial charge is 0.330 e. The maximum atomic E-state index is 5.92. The topological polar surface area (TPSA) is 29.3 Å². The Kier molecular flexibility index (Phi) is 5.21. The predicted molar refractivity (Wildman–Crippen MR) is 77.3 cm³/mol. The van der Waals surface area contributed by atoms with Crippen molar-refractivity contribution in [3.8, 4) is 0 Å². The number of nitrogens with two attached hydrogens (primary N) is 1. The third kappa shape index (κ3) is 3.33. The molecule has 0 aromatic heterocycles. The van der Waals surface area contributed by atoms with Gasteiger partial charge in [-0.25, -0.2) is 0 Å². The summed E-state index contributed by atoms with van der Waals surface area (Å²) in [6.45, 7) is 5.38. The molecule has 2 nitrogen and oxygen atoms in total. The van der Waals surface area contributed by atoms with Crippen molar-refractivity contribution >= 4 is 0 Å². The molecule has 1 aromatic carbocycles. The fourth-order valence-corrected chi connectivity index (χ4v) is 3.24. The van der Waals surface area contributed by atoms with Gasteiger partial charge in [-0.15, -0.1) is 0 Å². The van der Waals surface area contributed by atoms with Crippen molar-refractivity contribution in [2.45, 2.75) is 45.2 Å². The van der Waals surface area contributed by atoms with Crippen LogP contribution in [0.25, 0.3) is 0 Å². The molecule has 0 aliphatic heterocycles. The Labute approximate surface area is 111 Å². The average molecular weight is 246 g/mol. The van der Waals surface area contributed by atoms with Crippen LogP contribution in [0.5, 0.6) is 0 Å². The molecule has 0 amide bonds. The van der Waals surface area contributed by atoms with Crippen molar-refractivity contribution in [1.29, 1.82) is 0 Å². The molecular weight excluding hydrogens is 220 g/mol. The van der Waals surface area contributed by atoms with E-state index in [1.807, 2.05) is 0 Å². The molecule has 2 N–H and O–H groups in total. The number of benzene rings is 1. The Morgan fingerprint density at radius 3 is 2.67 bits per heavy atom. The van der Waals surface area contributed by atoms with E-state index >= 15 is 0 Å². The molecule has 1 fully saturated rings. The van der Waals surface area contributed by atoms with Crippen LogP contribution in [0.3, 0.4) is 0 Å². The van der Waals surface area contributed by atoms with Gasteiger partial charge in [-0.05, 0) is 43.8 Å². The van der Waals surface area contributed by atoms with Crippen LogP contribution in [0.4, 0.5) is 0 Å². The zero-order chi connectivity index (χ0) is 12.8. The summed E-state index contributed by atoms with van der Waals surface area (Å²) in [5, 5.41) is 0. The van der Waals surface area contributed by atoms with Gasteiger partial charge in [-0.2, -0.15) is 0 Å². The highest BCUT2D eigenvalue weighted by molar-refractivity contribution is 5.14. The van der Waals surface area contributed by atoms with E-state index in [0.29, 0.717) is 12.0 Å². The molecule has 2 unspecified atom stereocenters. The number of rotatable bonds is 6. The monoisotopic (exact) mass is 246 g/mol. The minimum absolute atomic E-state index is 0.704. The quantitative estimate of drug-likeness (QED) is 0.836. The van der Waals surface area contributed by atoms with Gasteiger partial charge in [-0.1, -0.05) is 43.7 Å². The Morgan fingerprint density at radius 2 is 2.00 bits per heavy atom. The first-order valence-electron chi connectivity index (χ1n) is 7.33. The average Bonchev–Trinajstić information content (AvgIpc) is 2.87. The van der Waals surface area contributed by atoms with Crippen LogP contribution in [0.2, 0.25) is 0 Å². The molecule has 2 rings (SSSR count). The fraction of sp³-hybridized carbons (Fsp3) is 0.625. The van der Waals surface area contributed by atoms with Gasteiger partial charge in [0.15, 0.2) is 0 Å². The third-order valence-electron chi connectivity index (χ3n) is 4.13. The van der Waals surface area contributed by atoms with Gasteiger partial charge in [0, 0.05) is 12.6 Å². The molecule has 0 radical (unpaired) electrons. The molecule has 2 heteroatoms. The van der Waals surface area contributed by atoms with Gasteiger partial charge >= 0.3 is 0 Å². The molecule has 1 aliphatic carbocycles. The SMILES string of the molecule is CCCN(Cc1ccccc1)C1CCCC1CN. The van der Waals surface area contributed by atoms with E-state index in [1.165, 1.54) is 37.8 Å². The zero-order valence-electron chi connectivity index (χ0n) is 11.5. The van der Waals surface area contributed by atoms with Gasteiger partial charge in [-0.3, -0.25) is 4.90 Å². The van der Waals surface area contributed by atoms with Gasteiger partial charge in [0.2, 0.25) is 0 Å². The number of hydrogen-bond donors (Lipinski definition) is 1. The second kappa shape index (κ2) is 6.91. The standard InChI is InChI=1S/C16H26N2/c1-2-11-18(13-14-7-4-3-5-8-14)16-10-6-9-15(16)12-17/h3-5,7-8,15-16H,2,6,9-13,17H2,1H3. The van der Waals surface area contributed by atoms with E-state index in [0.717, 1.165) is 13.1 Å². The molecule has 1 aromatic rings. The second-order valence-corrected chi connectivity index (χ2v) is 5.45. The molecule has 1 saturated carbocycles. The third-order valence-corrected chi connectivity index (χ3v) is 4.13. The Bertz CT molecular complexity index is 336. The van der Waals surface area contributed by atoms with Gasteiger partial charge in [0.25, 0.3) is 0 Å². The van der Waals surface area contributed by atoms with Crippen molar-refractivity contribution in [2.75, 3.05) is 13.1 Å². The molecule has 0 bridgehead atoms. The number of hydrogen-bond acceptors (Lipinski definition) is 2. The second-order valence-electron chi connectivity index (χ2n) is 5.45. The van der Waals surface area contributed by atoms with Crippen LogP contribution < -0.4 is 5.73 Å². The summed E-state index contributed by atoms with van der Waals surface area (Å²) in [5.74, 6) is 0.709. The highest BCUT2D eigenvalue weighted by atomic mass is 15.2. The highest BCUT2D eigenvalue weighted by Gasteiger charge is 2.30. The van der Waals surface area contributed by atoms with Crippen LogP contribution in [0.15, 0.2) is 30.3 Å². The molecule has 0 spiro atoms. The zero-order valence-corrected chi connectivity index (χ0v) is 11.5. The lowest BCUT2D eigenvalue weighted by molar-refractivity contribution is 0.154. The summed E-state index contributed by atoms with van der Waals surface area (Å²) in [5.41, 5.74) is 7.35. The van der Waals surface area contributed by atoms with E-state index < -0.39 is 0 Å². The normalized spacial score (nSPS) is 23.7. The van der Waals surface area contributed by atoms with Gasteiger partial charge in [0.1, 0.15) is 0 Å². The van der Waals surface area contributed by atoms with Crippen molar-refractivity contribution in [2.24, 2.45) is 11.7 Å². The lowest BCUT2D eigenvalue weighted by atomic mass is 10.0. The van der Waals surface area contributed by atoms with Crippen molar-refractivity contribution in [3.05, 3.63) is 35.9 Å². The predicted octanol–water partition coefficient (Wildman–Crippen LogP) is 3.03. The summed E-state index contributed by atoms with van der Waals surface area (Å²) in [6, 6.07) is 11.5. The number of nitrogens with zero attached hydrogens (tertiary/aromatic N) is 1. The molecule has 18 heavy (non-hydrogen) atoms. The Balaban J connectivity index is 2.03. The fourth-order valence-electron chi connectivity index (χ4n) is 3.24. The Morgan fingerprint density at radius 1 is 1.22 bits per heavy atom. The molecule has 1 aliphatic rings. The van der Waals surface area contributed by atoms with Crippen LogP contribution in [0.1, 0.15) is 38.2 Å². The van der Waals surface area contributed by atoms with E-state index in [1.54, 1.807) is 0 Å². The minimum Gasteiger partial charge on any atom is -0.330 e. The summed E-state index contributed by atoms with van der Waals surface area (Å²) >= 11 is 0. The lowest BCUT2D eigenvalue weighted by Crippen LogP contribution is -2.40. The Hall–Kier alpha value is -0.860. The van der Waals surface area contributed by atoms with Crippen molar-refractivity contribution in [1.82, 2.24) is 4.90 Å². The first-order chi connectivity index (χ1) is 8.85. The van der Waals surface area contributed by atoms with Crippen molar-refractivity contribution < 1.29 is 0 Å². The van der Waals surface area contributed by atoms with Crippen LogP contribution in [-0.2, 0) is 6.54 Å². The highest BCUT2D eigenvalue weighted by Crippen LogP contribution is 2.30. The summed E-state index contributed by atoms with van der Waals surface area (Å²) in [4.78, 5) is 2.65. The van der Waals surface area contributed by atoms with Crippen LogP contribution >= 0.6 is 0 Å². The molecule has 100 valence electrons. The first kappa shape index (κ1) is 13.6. The molecule has 0 heterocycles. The van der Waals surface area contributed by atoms with Crippen molar-refractivity contribution in [3.63, 3.8) is 0 Å². The minimum atomic E-state index is 0.704. The van der Waals surface area contributed by atoms with Gasteiger partial charge in [0.05, 0.1) is 0 Å².